The van der Waals surface area contributed by atoms with Crippen LogP contribution in [0.25, 0.3) is 6.08 Å². The van der Waals surface area contributed by atoms with Crippen molar-refractivity contribution in [2.45, 2.75) is 0 Å². The van der Waals surface area contributed by atoms with Crippen LogP contribution in [0.3, 0.4) is 0 Å². The van der Waals surface area contributed by atoms with Crippen molar-refractivity contribution in [1.82, 2.24) is 0 Å². The highest BCUT2D eigenvalue weighted by molar-refractivity contribution is 6.06. The number of benzene rings is 1. The van der Waals surface area contributed by atoms with Crippen molar-refractivity contribution in [3.05, 3.63) is 66.1 Å². The quantitative estimate of drug-likeness (QED) is 0.577. The Kier molecular flexibility index (Phi) is 3.57. The number of ketones is 1. The summed E-state index contributed by atoms with van der Waals surface area (Å²) in [6.07, 6.45) is 4.55. The Hall–Kier alpha value is -2.53. The molecule has 0 aliphatic heterocycles. The molecule has 0 aliphatic rings. The molecule has 82 valence electrons. The molecule has 2 rings (SSSR count). The molecule has 0 unspecified atom stereocenters. The van der Waals surface area contributed by atoms with Gasteiger partial charge in [0.1, 0.15) is 5.76 Å². The molecule has 1 aromatic carbocycles. The molecule has 17 heavy (non-hydrogen) atoms. The van der Waals surface area contributed by atoms with Crippen LogP contribution in [0.5, 0.6) is 0 Å². The number of hydrogen-bond acceptors (Lipinski definition) is 2. The van der Waals surface area contributed by atoms with Crippen molar-refractivity contribution >= 4 is 11.9 Å². The average molecular weight is 222 g/mol. The van der Waals surface area contributed by atoms with E-state index in [1.54, 1.807) is 24.5 Å². The standard InChI is InChI=1S/C15H10O2/c16-14(10-11-15-7-4-12-17-15)9-8-13-5-2-1-3-6-13/h1-7,10-12H/b11-10+. The molecule has 0 saturated heterocycles. The summed E-state index contributed by atoms with van der Waals surface area (Å²) in [5.41, 5.74) is 0.826. The van der Waals surface area contributed by atoms with Gasteiger partial charge in [-0.2, -0.15) is 0 Å². The van der Waals surface area contributed by atoms with Gasteiger partial charge in [0.2, 0.25) is 5.78 Å². The lowest BCUT2D eigenvalue weighted by molar-refractivity contribution is -0.109. The van der Waals surface area contributed by atoms with Gasteiger partial charge in [0, 0.05) is 5.56 Å². The molecule has 0 saturated carbocycles. The molecular formula is C15H10O2. The predicted octanol–water partition coefficient (Wildman–Crippen LogP) is 2.91. The molecule has 0 aliphatic carbocycles. The maximum atomic E-state index is 11.4. The van der Waals surface area contributed by atoms with E-state index in [-0.39, 0.29) is 5.78 Å². The first-order valence-electron chi connectivity index (χ1n) is 5.17. The first kappa shape index (κ1) is 11.0. The van der Waals surface area contributed by atoms with Gasteiger partial charge in [0.15, 0.2) is 0 Å². The van der Waals surface area contributed by atoms with Crippen LogP contribution in [0, 0.1) is 11.8 Å². The highest BCUT2D eigenvalue weighted by Gasteiger charge is 1.91. The highest BCUT2D eigenvalue weighted by Crippen LogP contribution is 2.02. The summed E-state index contributed by atoms with van der Waals surface area (Å²) in [6.45, 7) is 0. The van der Waals surface area contributed by atoms with Gasteiger partial charge in [-0.15, -0.1) is 0 Å². The van der Waals surface area contributed by atoms with Crippen LogP contribution in [-0.4, -0.2) is 5.78 Å². The SMILES string of the molecule is O=C(C#Cc1ccccc1)/C=C/c1ccco1. The third kappa shape index (κ3) is 3.51. The normalized spacial score (nSPS) is 9.88. The summed E-state index contributed by atoms with van der Waals surface area (Å²) in [5, 5.41) is 0. The fraction of sp³-hybridized carbons (Fsp3) is 0. The lowest BCUT2D eigenvalue weighted by atomic mass is 10.2. The Morgan fingerprint density at radius 1 is 1.12 bits per heavy atom. The van der Waals surface area contributed by atoms with Gasteiger partial charge in [-0.25, -0.2) is 0 Å². The first-order valence-corrected chi connectivity index (χ1v) is 5.17. The van der Waals surface area contributed by atoms with E-state index in [1.165, 1.54) is 6.08 Å². The summed E-state index contributed by atoms with van der Waals surface area (Å²) in [7, 11) is 0. The zero-order chi connectivity index (χ0) is 11.9. The molecule has 0 fully saturated rings. The number of allylic oxidation sites excluding steroid dienone is 1. The fourth-order valence-corrected chi connectivity index (χ4v) is 1.24. The molecule has 0 bridgehead atoms. The number of furan rings is 1. The van der Waals surface area contributed by atoms with E-state index in [0.717, 1.165) is 5.56 Å². The topological polar surface area (TPSA) is 30.2 Å². The van der Waals surface area contributed by atoms with Crippen molar-refractivity contribution < 1.29 is 9.21 Å². The van der Waals surface area contributed by atoms with Crippen molar-refractivity contribution in [3.8, 4) is 11.8 Å². The zero-order valence-corrected chi connectivity index (χ0v) is 9.09. The van der Waals surface area contributed by atoms with Gasteiger partial charge < -0.3 is 4.42 Å². The van der Waals surface area contributed by atoms with Crippen molar-refractivity contribution in [1.29, 1.82) is 0 Å². The average Bonchev–Trinajstić information content (AvgIpc) is 2.88. The van der Waals surface area contributed by atoms with Crippen molar-refractivity contribution in [2.24, 2.45) is 0 Å². The molecule has 2 nitrogen and oxygen atoms in total. The second kappa shape index (κ2) is 5.53. The van der Waals surface area contributed by atoms with Gasteiger partial charge in [-0.05, 0) is 42.3 Å². The second-order valence-corrected chi connectivity index (χ2v) is 3.33. The molecule has 0 atom stereocenters. The molecule has 2 aromatic rings. The van der Waals surface area contributed by atoms with Crippen LogP contribution in [0.2, 0.25) is 0 Å². The van der Waals surface area contributed by atoms with Crippen molar-refractivity contribution in [3.63, 3.8) is 0 Å². The van der Waals surface area contributed by atoms with Gasteiger partial charge in [-0.3, -0.25) is 4.79 Å². The minimum Gasteiger partial charge on any atom is -0.465 e. The molecule has 1 heterocycles. The molecule has 1 aromatic heterocycles. The molecular weight excluding hydrogens is 212 g/mol. The number of hydrogen-bond donors (Lipinski definition) is 0. The first-order chi connectivity index (χ1) is 8.34. The Bertz CT molecular complexity index is 566. The highest BCUT2D eigenvalue weighted by atomic mass is 16.3. The minimum absolute atomic E-state index is 0.245. The van der Waals surface area contributed by atoms with Gasteiger partial charge in [0.25, 0.3) is 0 Å². The van der Waals surface area contributed by atoms with Gasteiger partial charge in [-0.1, -0.05) is 24.1 Å². The van der Waals surface area contributed by atoms with Crippen LogP contribution < -0.4 is 0 Å². The van der Waals surface area contributed by atoms with Crippen molar-refractivity contribution in [2.75, 3.05) is 0 Å². The summed E-state index contributed by atoms with van der Waals surface area (Å²) < 4.78 is 5.06. The minimum atomic E-state index is -0.245. The van der Waals surface area contributed by atoms with Crippen LogP contribution >= 0.6 is 0 Å². The fourth-order valence-electron chi connectivity index (χ4n) is 1.24. The van der Waals surface area contributed by atoms with Crippen LogP contribution in [0.4, 0.5) is 0 Å². The molecule has 0 N–H and O–H groups in total. The van der Waals surface area contributed by atoms with Gasteiger partial charge in [0.05, 0.1) is 6.26 Å². The third-order valence-corrected chi connectivity index (χ3v) is 2.05. The number of carbonyl (C=O) groups is 1. The monoisotopic (exact) mass is 222 g/mol. The van der Waals surface area contributed by atoms with E-state index < -0.39 is 0 Å². The summed E-state index contributed by atoms with van der Waals surface area (Å²) >= 11 is 0. The van der Waals surface area contributed by atoms with Crippen LogP contribution in [0.1, 0.15) is 11.3 Å². The van der Waals surface area contributed by atoms with E-state index in [1.807, 2.05) is 30.3 Å². The molecule has 2 heteroatoms. The smallest absolute Gasteiger partial charge is 0.229 e. The van der Waals surface area contributed by atoms with Gasteiger partial charge >= 0.3 is 0 Å². The predicted molar refractivity (Wildman–Crippen MR) is 66.1 cm³/mol. The van der Waals surface area contributed by atoms with E-state index in [9.17, 15) is 4.79 Å². The Labute approximate surface area is 99.6 Å². The zero-order valence-electron chi connectivity index (χ0n) is 9.09. The summed E-state index contributed by atoms with van der Waals surface area (Å²) in [4.78, 5) is 11.4. The molecule has 0 amide bonds. The Balaban J connectivity index is 2.01. The van der Waals surface area contributed by atoms with E-state index >= 15 is 0 Å². The van der Waals surface area contributed by atoms with E-state index in [0.29, 0.717) is 5.76 Å². The van der Waals surface area contributed by atoms with E-state index in [2.05, 4.69) is 11.8 Å². The number of carbonyl (C=O) groups excluding carboxylic acids is 1. The molecule has 0 spiro atoms. The molecule has 0 radical (unpaired) electrons. The summed E-state index contributed by atoms with van der Waals surface area (Å²) in [6, 6.07) is 12.9. The lowest BCUT2D eigenvalue weighted by Gasteiger charge is -1.85. The second-order valence-electron chi connectivity index (χ2n) is 3.33. The Morgan fingerprint density at radius 2 is 1.94 bits per heavy atom. The van der Waals surface area contributed by atoms with Crippen LogP contribution in [-0.2, 0) is 4.79 Å². The largest absolute Gasteiger partial charge is 0.465 e. The third-order valence-electron chi connectivity index (χ3n) is 2.05. The Morgan fingerprint density at radius 3 is 2.65 bits per heavy atom. The van der Waals surface area contributed by atoms with E-state index in [4.69, 9.17) is 4.42 Å². The lowest BCUT2D eigenvalue weighted by Crippen LogP contribution is -1.85. The van der Waals surface area contributed by atoms with Crippen LogP contribution in [0.15, 0.2) is 59.2 Å². The maximum Gasteiger partial charge on any atom is 0.229 e. The number of rotatable bonds is 2. The summed E-state index contributed by atoms with van der Waals surface area (Å²) in [5.74, 6) is 5.73. The maximum absolute atomic E-state index is 11.4.